The van der Waals surface area contributed by atoms with Crippen molar-refractivity contribution in [1.82, 2.24) is 29.3 Å². The molecule has 3 heterocycles. The summed E-state index contributed by atoms with van der Waals surface area (Å²) in [6, 6.07) is 6.91. The normalized spacial score (nSPS) is 14.5. The Kier molecular flexibility index (Phi) is 2.82. The fraction of sp³-hybridized carbons (Fsp3) is 0.294. The van der Waals surface area contributed by atoms with Crippen LogP contribution in [0.2, 0.25) is 0 Å². The van der Waals surface area contributed by atoms with Gasteiger partial charge in [-0.2, -0.15) is 5.10 Å². The molecule has 7 heteroatoms. The quantitative estimate of drug-likeness (QED) is 0.626. The van der Waals surface area contributed by atoms with Gasteiger partial charge in [-0.3, -0.25) is 4.68 Å². The summed E-state index contributed by atoms with van der Waals surface area (Å²) in [7, 11) is 1.96. The molecule has 0 aliphatic heterocycles. The van der Waals surface area contributed by atoms with E-state index in [-0.39, 0.29) is 0 Å². The van der Waals surface area contributed by atoms with E-state index in [1.807, 2.05) is 24.3 Å². The third-order valence-corrected chi connectivity index (χ3v) is 4.57. The fourth-order valence-electron chi connectivity index (χ4n) is 3.09. The molecule has 120 valence electrons. The Labute approximate surface area is 138 Å². The highest BCUT2D eigenvalue weighted by atomic mass is 15.2. The van der Waals surface area contributed by atoms with Crippen LogP contribution in [0.5, 0.6) is 0 Å². The second-order valence-corrected chi connectivity index (χ2v) is 6.29. The molecule has 1 aromatic carbocycles. The van der Waals surface area contributed by atoms with Crippen LogP contribution in [0.4, 0.5) is 5.82 Å². The average molecular weight is 319 g/mol. The third kappa shape index (κ3) is 2.12. The van der Waals surface area contributed by atoms with Gasteiger partial charge in [0.1, 0.15) is 11.8 Å². The molecule has 0 saturated heterocycles. The highest BCUT2D eigenvalue weighted by Gasteiger charge is 2.26. The number of imidazole rings is 1. The van der Waals surface area contributed by atoms with Crippen molar-refractivity contribution in [3.8, 4) is 0 Å². The van der Waals surface area contributed by atoms with Gasteiger partial charge in [0.15, 0.2) is 11.5 Å². The minimum absolute atomic E-state index is 0.560. The molecule has 1 aliphatic rings. The Morgan fingerprint density at radius 2 is 2.12 bits per heavy atom. The molecule has 5 rings (SSSR count). The van der Waals surface area contributed by atoms with Gasteiger partial charge in [-0.1, -0.05) is 12.1 Å². The minimum Gasteiger partial charge on any atom is -0.364 e. The van der Waals surface area contributed by atoms with Crippen LogP contribution in [0, 0.1) is 0 Å². The number of aromatic nitrogens is 6. The number of nitrogens with zero attached hydrogens (tertiary/aromatic N) is 6. The van der Waals surface area contributed by atoms with E-state index in [1.54, 1.807) is 6.33 Å². The van der Waals surface area contributed by atoms with Crippen LogP contribution in [0.1, 0.15) is 24.4 Å². The zero-order valence-corrected chi connectivity index (χ0v) is 13.3. The first-order valence-electron chi connectivity index (χ1n) is 8.11. The lowest BCUT2D eigenvalue weighted by atomic mass is 10.1. The van der Waals surface area contributed by atoms with E-state index in [4.69, 9.17) is 0 Å². The number of anilines is 1. The lowest BCUT2D eigenvalue weighted by molar-refractivity contribution is 0.756. The van der Waals surface area contributed by atoms with Gasteiger partial charge < -0.3 is 9.88 Å². The summed E-state index contributed by atoms with van der Waals surface area (Å²) >= 11 is 0. The number of fused-ring (bicyclic) bond motifs is 2. The van der Waals surface area contributed by atoms with Crippen molar-refractivity contribution in [2.45, 2.75) is 25.4 Å². The van der Waals surface area contributed by atoms with Gasteiger partial charge in [0.05, 0.1) is 18.0 Å². The van der Waals surface area contributed by atoms with Crippen LogP contribution in [0.3, 0.4) is 0 Å². The number of benzene rings is 1. The molecular formula is C17H17N7. The summed E-state index contributed by atoms with van der Waals surface area (Å²) < 4.78 is 4.04. The van der Waals surface area contributed by atoms with Crippen molar-refractivity contribution in [2.75, 3.05) is 5.32 Å². The molecule has 1 fully saturated rings. The van der Waals surface area contributed by atoms with Crippen LogP contribution in [0.25, 0.3) is 22.1 Å². The number of hydrogen-bond donors (Lipinski definition) is 1. The molecular weight excluding hydrogens is 302 g/mol. The summed E-state index contributed by atoms with van der Waals surface area (Å²) in [5, 5.41) is 8.83. The van der Waals surface area contributed by atoms with Crippen molar-refractivity contribution in [1.29, 1.82) is 0 Å². The predicted octanol–water partition coefficient (Wildman–Crippen LogP) is 2.66. The molecule has 0 radical (unpaired) electrons. The van der Waals surface area contributed by atoms with E-state index in [0.717, 1.165) is 27.9 Å². The number of nitrogens with one attached hydrogen (secondary N) is 1. The molecule has 3 aromatic heterocycles. The Morgan fingerprint density at radius 1 is 1.21 bits per heavy atom. The van der Waals surface area contributed by atoms with Gasteiger partial charge in [0, 0.05) is 25.0 Å². The van der Waals surface area contributed by atoms with Crippen LogP contribution >= 0.6 is 0 Å². The number of rotatable bonds is 4. The Balaban J connectivity index is 1.44. The summed E-state index contributed by atoms with van der Waals surface area (Å²) in [6.45, 7) is 0.684. The van der Waals surface area contributed by atoms with Gasteiger partial charge in [-0.05, 0) is 24.5 Å². The Morgan fingerprint density at radius 3 is 3.00 bits per heavy atom. The Bertz CT molecular complexity index is 1040. The van der Waals surface area contributed by atoms with Gasteiger partial charge in [-0.25, -0.2) is 15.0 Å². The van der Waals surface area contributed by atoms with Crippen molar-refractivity contribution in [2.24, 2.45) is 7.05 Å². The van der Waals surface area contributed by atoms with E-state index in [1.165, 1.54) is 18.4 Å². The van der Waals surface area contributed by atoms with Gasteiger partial charge in [0.25, 0.3) is 0 Å². The zero-order valence-electron chi connectivity index (χ0n) is 13.3. The largest absolute Gasteiger partial charge is 0.364 e. The lowest BCUT2D eigenvalue weighted by Crippen LogP contribution is -2.03. The highest BCUT2D eigenvalue weighted by Crippen LogP contribution is 2.37. The zero-order chi connectivity index (χ0) is 16.1. The third-order valence-electron chi connectivity index (χ3n) is 4.57. The standard InChI is InChI=1S/C17H17N7/c1-23-14-6-11(2-3-12(14)8-22-23)7-18-16-15-17(20-9-19-16)24(10-21-15)13-4-5-13/h2-3,6,8-10,13H,4-5,7H2,1H3,(H,18,19,20). The maximum Gasteiger partial charge on any atom is 0.165 e. The molecule has 0 spiro atoms. The number of hydrogen-bond acceptors (Lipinski definition) is 5. The van der Waals surface area contributed by atoms with Crippen LogP contribution < -0.4 is 5.32 Å². The Hall–Kier alpha value is -2.96. The van der Waals surface area contributed by atoms with Gasteiger partial charge in [-0.15, -0.1) is 0 Å². The van der Waals surface area contributed by atoms with Crippen molar-refractivity contribution < 1.29 is 0 Å². The second-order valence-electron chi connectivity index (χ2n) is 6.29. The van der Waals surface area contributed by atoms with Crippen LogP contribution in [-0.4, -0.2) is 29.3 Å². The van der Waals surface area contributed by atoms with E-state index in [9.17, 15) is 0 Å². The van der Waals surface area contributed by atoms with Crippen molar-refractivity contribution in [3.05, 3.63) is 42.6 Å². The molecule has 1 aliphatic carbocycles. The molecule has 0 atom stereocenters. The molecule has 0 amide bonds. The lowest BCUT2D eigenvalue weighted by Gasteiger charge is -2.07. The van der Waals surface area contributed by atoms with Gasteiger partial charge >= 0.3 is 0 Å². The molecule has 1 saturated carbocycles. The maximum atomic E-state index is 4.51. The van der Waals surface area contributed by atoms with E-state index >= 15 is 0 Å². The van der Waals surface area contributed by atoms with E-state index in [0.29, 0.717) is 12.6 Å². The summed E-state index contributed by atoms with van der Waals surface area (Å²) in [5.41, 5.74) is 4.06. The molecule has 0 unspecified atom stereocenters. The second kappa shape index (κ2) is 5.02. The first kappa shape index (κ1) is 13.5. The summed E-state index contributed by atoms with van der Waals surface area (Å²) in [4.78, 5) is 13.3. The van der Waals surface area contributed by atoms with E-state index in [2.05, 4.69) is 48.1 Å². The van der Waals surface area contributed by atoms with Crippen LogP contribution in [0.15, 0.2) is 37.1 Å². The monoisotopic (exact) mass is 319 g/mol. The van der Waals surface area contributed by atoms with Crippen molar-refractivity contribution in [3.63, 3.8) is 0 Å². The molecule has 1 N–H and O–H groups in total. The minimum atomic E-state index is 0.560. The van der Waals surface area contributed by atoms with Crippen LogP contribution in [-0.2, 0) is 13.6 Å². The predicted molar refractivity (Wildman–Crippen MR) is 91.6 cm³/mol. The van der Waals surface area contributed by atoms with E-state index < -0.39 is 0 Å². The topological polar surface area (TPSA) is 73.5 Å². The van der Waals surface area contributed by atoms with Gasteiger partial charge in [0.2, 0.25) is 0 Å². The average Bonchev–Trinajstić information content (AvgIpc) is 3.26. The molecule has 24 heavy (non-hydrogen) atoms. The molecule has 0 bridgehead atoms. The molecule has 4 aromatic rings. The SMILES string of the molecule is Cn1ncc2ccc(CNc3ncnc4c3ncn4C3CC3)cc21. The molecule has 7 nitrogen and oxygen atoms in total. The first-order valence-corrected chi connectivity index (χ1v) is 8.11. The van der Waals surface area contributed by atoms with Crippen molar-refractivity contribution >= 4 is 27.9 Å². The maximum absolute atomic E-state index is 4.51. The highest BCUT2D eigenvalue weighted by molar-refractivity contribution is 5.83. The first-order chi connectivity index (χ1) is 11.8. The summed E-state index contributed by atoms with van der Waals surface area (Å²) in [6.07, 6.45) is 7.79. The smallest absolute Gasteiger partial charge is 0.165 e. The fourth-order valence-corrected chi connectivity index (χ4v) is 3.09. The number of aryl methyl sites for hydroxylation is 1. The summed E-state index contributed by atoms with van der Waals surface area (Å²) in [5.74, 6) is 0.782.